The summed E-state index contributed by atoms with van der Waals surface area (Å²) in [6.07, 6.45) is 6.24. The summed E-state index contributed by atoms with van der Waals surface area (Å²) in [6.45, 7) is 0. The van der Waals surface area contributed by atoms with Crippen LogP contribution in [0, 0.1) is 0 Å². The van der Waals surface area contributed by atoms with Gasteiger partial charge < -0.3 is 0 Å². The minimum atomic E-state index is -0.460. The first-order valence-electron chi connectivity index (χ1n) is 9.61. The highest BCUT2D eigenvalue weighted by atomic mass is 32.2. The largest absolute Gasteiger partial charge is 0.301 e. The zero-order valence-electron chi connectivity index (χ0n) is 16.2. The molecule has 3 aromatic carbocycles. The molecule has 0 fully saturated rings. The van der Waals surface area contributed by atoms with Gasteiger partial charge in [-0.3, -0.25) is 19.2 Å². The Kier molecular flexibility index (Phi) is 5.38. The van der Waals surface area contributed by atoms with Crippen molar-refractivity contribution >= 4 is 51.6 Å². The normalized spacial score (nSPS) is 14.3. The standard InChI is InChI=1S/C24H17N3O2S2/c28-23(19-11-10-16-6-4-5-9-18(16)14-19)25-24(29)30-26-31-27-20-12-13-21(22(27)15-20)17-7-2-1-3-8-17/h1-15,26H,(H,25,28,29). The molecule has 0 aromatic heterocycles. The molecule has 152 valence electrons. The number of rotatable bonds is 5. The quantitative estimate of drug-likeness (QED) is 0.496. The van der Waals surface area contributed by atoms with Gasteiger partial charge in [-0.05, 0) is 40.6 Å². The first-order chi connectivity index (χ1) is 15.2. The van der Waals surface area contributed by atoms with Crippen molar-refractivity contribution in [2.45, 2.75) is 0 Å². The van der Waals surface area contributed by atoms with Crippen LogP contribution in [0.5, 0.6) is 0 Å². The fraction of sp³-hybridized carbons (Fsp3) is 0. The van der Waals surface area contributed by atoms with E-state index in [1.165, 1.54) is 12.1 Å². The van der Waals surface area contributed by atoms with Gasteiger partial charge in [0.1, 0.15) is 0 Å². The average molecular weight is 444 g/mol. The summed E-state index contributed by atoms with van der Waals surface area (Å²) in [5.41, 5.74) is 4.85. The van der Waals surface area contributed by atoms with E-state index in [1.54, 1.807) is 12.1 Å². The van der Waals surface area contributed by atoms with E-state index in [0.29, 0.717) is 5.56 Å². The third-order valence-electron chi connectivity index (χ3n) is 5.01. The molecular formula is C24H17N3O2S2. The Morgan fingerprint density at radius 3 is 2.42 bits per heavy atom. The topological polar surface area (TPSA) is 61.4 Å². The number of benzene rings is 3. The maximum atomic E-state index is 12.4. The molecule has 0 radical (unpaired) electrons. The number of carbonyl (C=O) groups is 2. The van der Waals surface area contributed by atoms with Gasteiger partial charge in [-0.2, -0.15) is 4.13 Å². The fourth-order valence-electron chi connectivity index (χ4n) is 3.47. The van der Waals surface area contributed by atoms with Crippen LogP contribution in [0.2, 0.25) is 0 Å². The molecule has 0 unspecified atom stereocenters. The van der Waals surface area contributed by atoms with Crippen LogP contribution in [0.1, 0.15) is 15.9 Å². The molecule has 31 heavy (non-hydrogen) atoms. The van der Waals surface area contributed by atoms with Crippen molar-refractivity contribution in [1.29, 1.82) is 0 Å². The lowest BCUT2D eigenvalue weighted by atomic mass is 9.94. The van der Waals surface area contributed by atoms with Crippen molar-refractivity contribution < 1.29 is 9.59 Å². The van der Waals surface area contributed by atoms with E-state index in [1.807, 2.05) is 58.9 Å². The van der Waals surface area contributed by atoms with E-state index >= 15 is 0 Å². The number of nitrogens with zero attached hydrogens (tertiary/aromatic N) is 1. The predicted octanol–water partition coefficient (Wildman–Crippen LogP) is 5.67. The highest BCUT2D eigenvalue weighted by Crippen LogP contribution is 2.44. The van der Waals surface area contributed by atoms with E-state index in [-0.39, 0.29) is 0 Å². The molecule has 0 atom stereocenters. The van der Waals surface area contributed by atoms with Crippen LogP contribution in [-0.2, 0) is 0 Å². The van der Waals surface area contributed by atoms with Crippen LogP contribution in [0.3, 0.4) is 0 Å². The van der Waals surface area contributed by atoms with Gasteiger partial charge in [0, 0.05) is 23.1 Å². The number of allylic oxidation sites excluding steroid dienone is 4. The minimum Gasteiger partial charge on any atom is -0.282 e. The zero-order valence-corrected chi connectivity index (χ0v) is 17.9. The van der Waals surface area contributed by atoms with Gasteiger partial charge >= 0.3 is 5.24 Å². The second-order valence-electron chi connectivity index (χ2n) is 6.94. The Bertz CT molecular complexity index is 1280. The van der Waals surface area contributed by atoms with Crippen molar-refractivity contribution in [3.63, 3.8) is 0 Å². The lowest BCUT2D eigenvalue weighted by molar-refractivity contribution is 0.0969. The molecule has 2 N–H and O–H groups in total. The van der Waals surface area contributed by atoms with Crippen LogP contribution >= 0.6 is 24.1 Å². The molecule has 3 aromatic rings. The molecular weight excluding hydrogens is 426 g/mol. The van der Waals surface area contributed by atoms with Gasteiger partial charge in [-0.25, -0.2) is 0 Å². The second kappa shape index (κ2) is 8.47. The van der Waals surface area contributed by atoms with Gasteiger partial charge in [-0.15, -0.1) is 0 Å². The van der Waals surface area contributed by atoms with Crippen LogP contribution in [0.25, 0.3) is 16.3 Å². The van der Waals surface area contributed by atoms with E-state index in [2.05, 4.69) is 33.7 Å². The number of hydrogen-bond donors (Lipinski definition) is 2. The van der Waals surface area contributed by atoms with Crippen molar-refractivity contribution in [2.75, 3.05) is 0 Å². The number of fused-ring (bicyclic) bond motifs is 3. The molecule has 0 aliphatic carbocycles. The molecule has 0 spiro atoms. The minimum absolute atomic E-state index is 0.421. The molecule has 5 nitrogen and oxygen atoms in total. The number of imide groups is 1. The van der Waals surface area contributed by atoms with Crippen molar-refractivity contribution in [1.82, 2.24) is 13.7 Å². The first-order valence-corrected chi connectivity index (χ1v) is 11.2. The lowest BCUT2D eigenvalue weighted by Crippen LogP contribution is -2.31. The average Bonchev–Trinajstić information content (AvgIpc) is 2.82. The summed E-state index contributed by atoms with van der Waals surface area (Å²) in [4.78, 5) is 24.6. The van der Waals surface area contributed by atoms with E-state index < -0.39 is 11.1 Å². The molecule has 0 saturated heterocycles. The maximum Gasteiger partial charge on any atom is 0.301 e. The zero-order chi connectivity index (χ0) is 21.2. The van der Waals surface area contributed by atoms with Crippen LogP contribution in [0.4, 0.5) is 4.79 Å². The molecule has 2 bridgehead atoms. The number of nitrogens with one attached hydrogen (secondary N) is 2. The van der Waals surface area contributed by atoms with Crippen molar-refractivity contribution in [2.24, 2.45) is 0 Å². The Morgan fingerprint density at radius 1 is 0.839 bits per heavy atom. The predicted molar refractivity (Wildman–Crippen MR) is 128 cm³/mol. The van der Waals surface area contributed by atoms with Crippen molar-refractivity contribution in [3.05, 3.63) is 114 Å². The Morgan fingerprint density at radius 2 is 1.61 bits per heavy atom. The maximum absolute atomic E-state index is 12.4. The number of hydrogen-bond acceptors (Lipinski definition) is 6. The highest BCUT2D eigenvalue weighted by molar-refractivity contribution is 8.20. The van der Waals surface area contributed by atoms with Gasteiger partial charge in [0.2, 0.25) is 0 Å². The molecule has 2 aliphatic heterocycles. The summed E-state index contributed by atoms with van der Waals surface area (Å²) in [7, 11) is 0. The molecule has 0 saturated carbocycles. The SMILES string of the molecule is O=C(NC(=O)c1ccc2ccccc2c1)SNSN1c2ccc(-c3ccccc3)c1c2. The fourth-order valence-corrected chi connectivity index (χ4v) is 4.83. The Balaban J connectivity index is 1.14. The van der Waals surface area contributed by atoms with Crippen LogP contribution < -0.4 is 9.44 Å². The third-order valence-corrected chi connectivity index (χ3v) is 6.52. The van der Waals surface area contributed by atoms with Gasteiger partial charge in [-0.1, -0.05) is 66.7 Å². The molecule has 7 heteroatoms. The van der Waals surface area contributed by atoms with Crippen LogP contribution in [-0.4, -0.2) is 15.5 Å². The highest BCUT2D eigenvalue weighted by Gasteiger charge is 2.30. The van der Waals surface area contributed by atoms with E-state index in [0.717, 1.165) is 45.3 Å². The lowest BCUT2D eigenvalue weighted by Gasteiger charge is -2.38. The number of amides is 2. The molecule has 2 amide bonds. The molecule has 5 rings (SSSR count). The monoisotopic (exact) mass is 443 g/mol. The van der Waals surface area contributed by atoms with Crippen LogP contribution in [0.15, 0.2) is 102 Å². The molecule has 2 aliphatic rings. The summed E-state index contributed by atoms with van der Waals surface area (Å²) in [5.74, 6) is -0.421. The van der Waals surface area contributed by atoms with Gasteiger partial charge in [0.25, 0.3) is 5.91 Å². The Labute approximate surface area is 188 Å². The van der Waals surface area contributed by atoms with Gasteiger partial charge in [0.15, 0.2) is 0 Å². The summed E-state index contributed by atoms with van der Waals surface area (Å²) in [6, 6.07) is 23.3. The Hall–Kier alpha value is -3.26. The molecule has 2 heterocycles. The second-order valence-corrected chi connectivity index (χ2v) is 8.73. The summed E-state index contributed by atoms with van der Waals surface area (Å²) < 4.78 is 4.98. The summed E-state index contributed by atoms with van der Waals surface area (Å²) >= 11 is 2.15. The van der Waals surface area contributed by atoms with Crippen molar-refractivity contribution in [3.8, 4) is 0 Å². The van der Waals surface area contributed by atoms with Gasteiger partial charge in [0.05, 0.1) is 23.5 Å². The number of carbonyl (C=O) groups excluding carboxylic acids is 2. The summed E-state index contributed by atoms with van der Waals surface area (Å²) in [5, 5.41) is 3.95. The van der Waals surface area contributed by atoms with E-state index in [9.17, 15) is 9.59 Å². The first kappa shape index (κ1) is 19.7. The third kappa shape index (κ3) is 4.03. The van der Waals surface area contributed by atoms with E-state index in [4.69, 9.17) is 0 Å². The smallest absolute Gasteiger partial charge is 0.282 e.